The van der Waals surface area contributed by atoms with E-state index >= 15 is 0 Å². The van der Waals surface area contributed by atoms with E-state index in [1.165, 1.54) is 0 Å². The van der Waals surface area contributed by atoms with E-state index in [0.29, 0.717) is 19.5 Å². The summed E-state index contributed by atoms with van der Waals surface area (Å²) in [5, 5.41) is 2.88. The van der Waals surface area contributed by atoms with Gasteiger partial charge in [0, 0.05) is 19.5 Å². The third kappa shape index (κ3) is 4.76. The van der Waals surface area contributed by atoms with Crippen LogP contribution in [0.2, 0.25) is 0 Å². The van der Waals surface area contributed by atoms with Crippen molar-refractivity contribution in [2.45, 2.75) is 32.1 Å². The van der Waals surface area contributed by atoms with Crippen LogP contribution >= 0.6 is 0 Å². The number of carbonyl (C=O) groups excluding carboxylic acids is 2. The summed E-state index contributed by atoms with van der Waals surface area (Å²) in [6.07, 6.45) is 4.21. The Labute approximate surface area is 131 Å². The lowest BCUT2D eigenvalue weighted by molar-refractivity contribution is -0.137. The summed E-state index contributed by atoms with van der Waals surface area (Å²) in [6, 6.07) is 7.90. The standard InChI is InChI=1S/C17H24N2O3/c1-22-15-9-3-2-7-14(15)8-6-11-18-16(20)13-19-12-5-4-10-17(19)21/h2-3,7,9H,4-6,8,10-13H2,1H3,(H,18,20). The molecule has 5 nitrogen and oxygen atoms in total. The molecule has 1 aliphatic rings. The molecule has 0 atom stereocenters. The van der Waals surface area contributed by atoms with Crippen molar-refractivity contribution < 1.29 is 14.3 Å². The van der Waals surface area contributed by atoms with E-state index in [1.54, 1.807) is 12.0 Å². The maximum Gasteiger partial charge on any atom is 0.239 e. The number of hydrogen-bond acceptors (Lipinski definition) is 3. The number of benzene rings is 1. The number of piperidine rings is 1. The van der Waals surface area contributed by atoms with Gasteiger partial charge in [0.15, 0.2) is 0 Å². The number of likely N-dealkylation sites (tertiary alicyclic amines) is 1. The van der Waals surface area contributed by atoms with Crippen LogP contribution in [0.1, 0.15) is 31.2 Å². The molecule has 0 unspecified atom stereocenters. The van der Waals surface area contributed by atoms with Crippen molar-refractivity contribution in [1.82, 2.24) is 10.2 Å². The van der Waals surface area contributed by atoms with Crippen molar-refractivity contribution in [3.05, 3.63) is 29.8 Å². The minimum absolute atomic E-state index is 0.0738. The van der Waals surface area contributed by atoms with E-state index in [9.17, 15) is 9.59 Å². The lowest BCUT2D eigenvalue weighted by atomic mass is 10.1. The maximum absolute atomic E-state index is 11.9. The molecule has 1 N–H and O–H groups in total. The SMILES string of the molecule is COc1ccccc1CCCNC(=O)CN1CCCCC1=O. The number of ether oxygens (including phenoxy) is 1. The second-order valence-electron chi connectivity index (χ2n) is 5.54. The van der Waals surface area contributed by atoms with Gasteiger partial charge in [0.2, 0.25) is 11.8 Å². The number of nitrogens with zero attached hydrogens (tertiary/aromatic N) is 1. The molecule has 0 aromatic heterocycles. The molecule has 1 saturated heterocycles. The number of methoxy groups -OCH3 is 1. The minimum atomic E-state index is -0.0738. The van der Waals surface area contributed by atoms with Gasteiger partial charge in [-0.1, -0.05) is 18.2 Å². The van der Waals surface area contributed by atoms with Crippen LogP contribution in [0.15, 0.2) is 24.3 Å². The minimum Gasteiger partial charge on any atom is -0.496 e. The largest absolute Gasteiger partial charge is 0.496 e. The highest BCUT2D eigenvalue weighted by molar-refractivity contribution is 5.85. The average molecular weight is 304 g/mol. The van der Waals surface area contributed by atoms with Crippen LogP contribution in [-0.4, -0.2) is 43.5 Å². The van der Waals surface area contributed by atoms with Crippen molar-refractivity contribution in [2.24, 2.45) is 0 Å². The summed E-state index contributed by atoms with van der Waals surface area (Å²) in [6.45, 7) is 1.50. The zero-order valence-electron chi connectivity index (χ0n) is 13.1. The number of rotatable bonds is 7. The Morgan fingerprint density at radius 2 is 2.14 bits per heavy atom. The summed E-state index contributed by atoms with van der Waals surface area (Å²) >= 11 is 0. The molecule has 2 amide bonds. The molecule has 0 aliphatic carbocycles. The second kappa shape index (κ2) is 8.41. The fourth-order valence-corrected chi connectivity index (χ4v) is 2.67. The molecule has 120 valence electrons. The molecule has 0 saturated carbocycles. The lowest BCUT2D eigenvalue weighted by Crippen LogP contribution is -2.43. The first kappa shape index (κ1) is 16.3. The molecule has 1 fully saturated rings. The third-order valence-corrected chi connectivity index (χ3v) is 3.89. The van der Waals surface area contributed by atoms with E-state index in [0.717, 1.165) is 37.0 Å². The van der Waals surface area contributed by atoms with E-state index in [1.807, 2.05) is 24.3 Å². The van der Waals surface area contributed by atoms with Gasteiger partial charge in [0.25, 0.3) is 0 Å². The topological polar surface area (TPSA) is 58.6 Å². The predicted molar refractivity (Wildman–Crippen MR) is 84.8 cm³/mol. The molecular formula is C17H24N2O3. The normalized spacial score (nSPS) is 14.8. The highest BCUT2D eigenvalue weighted by Crippen LogP contribution is 2.18. The van der Waals surface area contributed by atoms with Crippen LogP contribution in [0.4, 0.5) is 0 Å². The first-order chi connectivity index (χ1) is 10.7. The number of para-hydroxylation sites is 1. The Balaban J connectivity index is 1.67. The number of hydrogen-bond donors (Lipinski definition) is 1. The summed E-state index contributed by atoms with van der Waals surface area (Å²) in [7, 11) is 1.66. The smallest absolute Gasteiger partial charge is 0.239 e. The molecule has 22 heavy (non-hydrogen) atoms. The molecule has 5 heteroatoms. The van der Waals surface area contributed by atoms with E-state index in [2.05, 4.69) is 5.32 Å². The molecule has 1 aromatic carbocycles. The van der Waals surface area contributed by atoms with E-state index < -0.39 is 0 Å². The zero-order chi connectivity index (χ0) is 15.8. The van der Waals surface area contributed by atoms with E-state index in [-0.39, 0.29) is 18.4 Å². The quantitative estimate of drug-likeness (QED) is 0.781. The van der Waals surface area contributed by atoms with Gasteiger partial charge in [-0.3, -0.25) is 9.59 Å². The van der Waals surface area contributed by atoms with Gasteiger partial charge in [0.1, 0.15) is 5.75 Å². The van der Waals surface area contributed by atoms with Crippen LogP contribution in [0.25, 0.3) is 0 Å². The van der Waals surface area contributed by atoms with Gasteiger partial charge in [-0.2, -0.15) is 0 Å². The third-order valence-electron chi connectivity index (χ3n) is 3.89. The molecule has 2 rings (SSSR count). The van der Waals surface area contributed by atoms with Crippen molar-refractivity contribution in [3.63, 3.8) is 0 Å². The lowest BCUT2D eigenvalue weighted by Gasteiger charge is -2.25. The summed E-state index contributed by atoms with van der Waals surface area (Å²) in [4.78, 5) is 25.2. The molecule has 0 bridgehead atoms. The highest BCUT2D eigenvalue weighted by atomic mass is 16.5. The Morgan fingerprint density at radius 1 is 1.32 bits per heavy atom. The zero-order valence-corrected chi connectivity index (χ0v) is 13.1. The number of amides is 2. The Hall–Kier alpha value is -2.04. The van der Waals surface area contributed by atoms with Crippen molar-refractivity contribution in [3.8, 4) is 5.75 Å². The van der Waals surface area contributed by atoms with Gasteiger partial charge >= 0.3 is 0 Å². The first-order valence-corrected chi connectivity index (χ1v) is 7.87. The number of carbonyl (C=O) groups is 2. The number of nitrogens with one attached hydrogen (secondary N) is 1. The van der Waals surface area contributed by atoms with Gasteiger partial charge in [0.05, 0.1) is 13.7 Å². The van der Waals surface area contributed by atoms with Crippen molar-refractivity contribution in [2.75, 3.05) is 26.7 Å². The monoisotopic (exact) mass is 304 g/mol. The van der Waals surface area contributed by atoms with Crippen LogP contribution < -0.4 is 10.1 Å². The molecule has 1 aromatic rings. The Bertz CT molecular complexity index is 516. The summed E-state index contributed by atoms with van der Waals surface area (Å²) in [5.41, 5.74) is 1.14. The maximum atomic E-state index is 11.9. The average Bonchev–Trinajstić information content (AvgIpc) is 2.54. The van der Waals surface area contributed by atoms with Crippen LogP contribution in [-0.2, 0) is 16.0 Å². The van der Waals surface area contributed by atoms with Crippen LogP contribution in [0.5, 0.6) is 5.75 Å². The molecule has 1 aliphatic heterocycles. The predicted octanol–water partition coefficient (Wildman–Crippen LogP) is 1.76. The highest BCUT2D eigenvalue weighted by Gasteiger charge is 2.19. The van der Waals surface area contributed by atoms with Crippen molar-refractivity contribution >= 4 is 11.8 Å². The summed E-state index contributed by atoms with van der Waals surface area (Å²) < 4.78 is 5.30. The fourth-order valence-electron chi connectivity index (χ4n) is 2.67. The molecular weight excluding hydrogens is 280 g/mol. The van der Waals surface area contributed by atoms with Gasteiger partial charge in [-0.25, -0.2) is 0 Å². The van der Waals surface area contributed by atoms with E-state index in [4.69, 9.17) is 4.74 Å². The molecule has 0 radical (unpaired) electrons. The molecule has 0 spiro atoms. The summed E-state index contributed by atoms with van der Waals surface area (Å²) in [5.74, 6) is 0.901. The Morgan fingerprint density at radius 3 is 2.91 bits per heavy atom. The first-order valence-electron chi connectivity index (χ1n) is 7.87. The second-order valence-corrected chi connectivity index (χ2v) is 5.54. The van der Waals surface area contributed by atoms with Crippen molar-refractivity contribution in [1.29, 1.82) is 0 Å². The van der Waals surface area contributed by atoms with Crippen LogP contribution in [0, 0.1) is 0 Å². The van der Waals surface area contributed by atoms with Crippen LogP contribution in [0.3, 0.4) is 0 Å². The fraction of sp³-hybridized carbons (Fsp3) is 0.529. The van der Waals surface area contributed by atoms with Gasteiger partial charge in [-0.15, -0.1) is 0 Å². The number of aryl methyl sites for hydroxylation is 1. The Kier molecular flexibility index (Phi) is 6.25. The van der Waals surface area contributed by atoms with Gasteiger partial charge in [-0.05, 0) is 37.3 Å². The molecule has 1 heterocycles. The van der Waals surface area contributed by atoms with Gasteiger partial charge < -0.3 is 15.0 Å².